The number of pyridine rings is 1. The molecule has 5 nitrogen and oxygen atoms in total. The Kier molecular flexibility index (Phi) is 2.77. The second-order valence-electron chi connectivity index (χ2n) is 3.76. The summed E-state index contributed by atoms with van der Waals surface area (Å²) >= 11 is 1.50. The van der Waals surface area contributed by atoms with Crippen molar-refractivity contribution in [2.75, 3.05) is 0 Å². The number of carbonyl (C=O) groups excluding carboxylic acids is 1. The minimum atomic E-state index is -0.164. The molecule has 18 heavy (non-hydrogen) atoms. The largest absolute Gasteiger partial charge is 0.347 e. The highest BCUT2D eigenvalue weighted by Crippen LogP contribution is 2.11. The summed E-state index contributed by atoms with van der Waals surface area (Å²) in [6.45, 7) is 0.479. The molecule has 0 radical (unpaired) electrons. The van der Waals surface area contributed by atoms with E-state index in [9.17, 15) is 4.79 Å². The molecule has 0 aliphatic carbocycles. The monoisotopic (exact) mass is 258 g/mol. The normalized spacial score (nSPS) is 10.7. The molecule has 3 rings (SSSR count). The second-order valence-corrected chi connectivity index (χ2v) is 4.63. The zero-order valence-electron chi connectivity index (χ0n) is 9.41. The molecule has 0 aliphatic rings. The van der Waals surface area contributed by atoms with Gasteiger partial charge in [0.25, 0.3) is 5.91 Å². The lowest BCUT2D eigenvalue weighted by atomic mass is 10.2. The average Bonchev–Trinajstić information content (AvgIpc) is 2.98. The van der Waals surface area contributed by atoms with Crippen LogP contribution < -0.4 is 5.32 Å². The minimum Gasteiger partial charge on any atom is -0.347 e. The van der Waals surface area contributed by atoms with Crippen molar-refractivity contribution < 1.29 is 4.79 Å². The van der Waals surface area contributed by atoms with Gasteiger partial charge >= 0.3 is 0 Å². The number of amides is 1. The SMILES string of the molecule is O=C(NCc1ccncc1)c1cn2ccsc2n1. The van der Waals surface area contributed by atoms with Crippen LogP contribution in [0.25, 0.3) is 4.96 Å². The van der Waals surface area contributed by atoms with E-state index < -0.39 is 0 Å². The maximum Gasteiger partial charge on any atom is 0.271 e. The van der Waals surface area contributed by atoms with Gasteiger partial charge in [-0.15, -0.1) is 11.3 Å². The van der Waals surface area contributed by atoms with E-state index in [4.69, 9.17) is 0 Å². The lowest BCUT2D eigenvalue weighted by Crippen LogP contribution is -2.23. The maximum atomic E-state index is 11.9. The summed E-state index contributed by atoms with van der Waals surface area (Å²) in [5.41, 5.74) is 1.45. The predicted molar refractivity (Wildman–Crippen MR) is 68.5 cm³/mol. The van der Waals surface area contributed by atoms with Gasteiger partial charge in [-0.1, -0.05) is 0 Å². The Bertz CT molecular complexity index is 645. The van der Waals surface area contributed by atoms with Crippen LogP contribution in [-0.2, 0) is 6.54 Å². The third-order valence-electron chi connectivity index (χ3n) is 2.53. The first kappa shape index (κ1) is 10.9. The Morgan fingerprint density at radius 3 is 3.00 bits per heavy atom. The van der Waals surface area contributed by atoms with Crippen LogP contribution in [0.3, 0.4) is 0 Å². The molecule has 0 aromatic carbocycles. The third-order valence-corrected chi connectivity index (χ3v) is 3.30. The molecular formula is C12H10N4OS. The Hall–Kier alpha value is -2.21. The van der Waals surface area contributed by atoms with Gasteiger partial charge < -0.3 is 5.32 Å². The Labute approximate surface area is 107 Å². The van der Waals surface area contributed by atoms with E-state index >= 15 is 0 Å². The number of hydrogen-bond donors (Lipinski definition) is 1. The number of nitrogens with zero attached hydrogens (tertiary/aromatic N) is 3. The second kappa shape index (κ2) is 4.58. The summed E-state index contributed by atoms with van der Waals surface area (Å²) in [5.74, 6) is -0.164. The van der Waals surface area contributed by atoms with Gasteiger partial charge in [0, 0.05) is 36.7 Å². The Balaban J connectivity index is 1.70. The smallest absolute Gasteiger partial charge is 0.271 e. The first-order valence-electron chi connectivity index (χ1n) is 5.42. The first-order chi connectivity index (χ1) is 8.83. The predicted octanol–water partition coefficient (Wildman–Crippen LogP) is 1.72. The van der Waals surface area contributed by atoms with Crippen LogP contribution in [0.2, 0.25) is 0 Å². The summed E-state index contributed by atoms with van der Waals surface area (Å²) in [6, 6.07) is 3.73. The van der Waals surface area contributed by atoms with Crippen molar-refractivity contribution >= 4 is 22.2 Å². The lowest BCUT2D eigenvalue weighted by molar-refractivity contribution is 0.0946. The molecule has 0 aliphatic heterocycles. The van der Waals surface area contributed by atoms with Crippen molar-refractivity contribution in [2.45, 2.75) is 6.54 Å². The van der Waals surface area contributed by atoms with E-state index in [2.05, 4.69) is 15.3 Å². The zero-order chi connectivity index (χ0) is 12.4. The number of aromatic nitrogens is 3. The minimum absolute atomic E-state index is 0.164. The highest BCUT2D eigenvalue weighted by atomic mass is 32.1. The summed E-state index contributed by atoms with van der Waals surface area (Å²) in [5, 5.41) is 4.76. The third kappa shape index (κ3) is 2.10. The number of imidazole rings is 1. The number of fused-ring (bicyclic) bond motifs is 1. The van der Waals surface area contributed by atoms with Crippen molar-refractivity contribution in [2.24, 2.45) is 0 Å². The highest BCUT2D eigenvalue weighted by Gasteiger charge is 2.10. The van der Waals surface area contributed by atoms with Gasteiger partial charge in [-0.05, 0) is 17.7 Å². The van der Waals surface area contributed by atoms with Crippen LogP contribution >= 0.6 is 11.3 Å². The van der Waals surface area contributed by atoms with E-state index in [1.165, 1.54) is 11.3 Å². The van der Waals surface area contributed by atoms with Crippen LogP contribution in [0, 0.1) is 0 Å². The van der Waals surface area contributed by atoms with Crippen molar-refractivity contribution in [1.82, 2.24) is 19.7 Å². The molecule has 90 valence electrons. The Morgan fingerprint density at radius 1 is 1.39 bits per heavy atom. The fraction of sp³-hybridized carbons (Fsp3) is 0.0833. The van der Waals surface area contributed by atoms with E-state index in [0.29, 0.717) is 12.2 Å². The summed E-state index contributed by atoms with van der Waals surface area (Å²) in [4.78, 5) is 20.9. The molecule has 3 aromatic heterocycles. The van der Waals surface area contributed by atoms with Crippen LogP contribution in [0.5, 0.6) is 0 Å². The molecule has 6 heteroatoms. The highest BCUT2D eigenvalue weighted by molar-refractivity contribution is 7.15. The molecule has 3 aromatic rings. The van der Waals surface area contributed by atoms with E-state index in [0.717, 1.165) is 10.5 Å². The maximum absolute atomic E-state index is 11.9. The fourth-order valence-electron chi connectivity index (χ4n) is 1.61. The summed E-state index contributed by atoms with van der Waals surface area (Å²) in [6.07, 6.45) is 7.02. The molecule has 0 unspecified atom stereocenters. The zero-order valence-corrected chi connectivity index (χ0v) is 10.2. The molecule has 3 heterocycles. The summed E-state index contributed by atoms with van der Waals surface area (Å²) < 4.78 is 1.84. The standard InChI is InChI=1S/C12H10N4OS/c17-11(14-7-9-1-3-13-4-2-9)10-8-16-5-6-18-12(16)15-10/h1-6,8H,7H2,(H,14,17). The molecule has 0 bridgehead atoms. The molecule has 0 saturated carbocycles. The van der Waals surface area contributed by atoms with Crippen molar-refractivity contribution in [3.8, 4) is 0 Å². The molecule has 0 spiro atoms. The van der Waals surface area contributed by atoms with Gasteiger partial charge in [-0.25, -0.2) is 4.98 Å². The lowest BCUT2D eigenvalue weighted by Gasteiger charge is -2.02. The van der Waals surface area contributed by atoms with E-state index in [1.54, 1.807) is 18.6 Å². The molecular weight excluding hydrogens is 248 g/mol. The topological polar surface area (TPSA) is 59.3 Å². The van der Waals surface area contributed by atoms with Gasteiger partial charge in [0.2, 0.25) is 0 Å². The molecule has 0 atom stereocenters. The van der Waals surface area contributed by atoms with Gasteiger partial charge in [0.15, 0.2) is 4.96 Å². The van der Waals surface area contributed by atoms with Crippen LogP contribution in [0.4, 0.5) is 0 Å². The van der Waals surface area contributed by atoms with Gasteiger partial charge in [-0.2, -0.15) is 0 Å². The van der Waals surface area contributed by atoms with Crippen molar-refractivity contribution in [3.05, 3.63) is 53.6 Å². The quantitative estimate of drug-likeness (QED) is 0.778. The molecule has 0 fully saturated rings. The number of nitrogens with one attached hydrogen (secondary N) is 1. The van der Waals surface area contributed by atoms with E-state index in [1.807, 2.05) is 28.1 Å². The van der Waals surface area contributed by atoms with Gasteiger partial charge in [-0.3, -0.25) is 14.2 Å². The van der Waals surface area contributed by atoms with E-state index in [-0.39, 0.29) is 5.91 Å². The van der Waals surface area contributed by atoms with Crippen molar-refractivity contribution in [3.63, 3.8) is 0 Å². The molecule has 0 saturated heterocycles. The molecule has 1 N–H and O–H groups in total. The van der Waals surface area contributed by atoms with Crippen LogP contribution in [-0.4, -0.2) is 20.3 Å². The first-order valence-corrected chi connectivity index (χ1v) is 6.30. The van der Waals surface area contributed by atoms with Gasteiger partial charge in [0.05, 0.1) is 0 Å². The van der Waals surface area contributed by atoms with Crippen LogP contribution in [0.1, 0.15) is 16.1 Å². The number of hydrogen-bond acceptors (Lipinski definition) is 4. The fourth-order valence-corrected chi connectivity index (χ4v) is 2.31. The number of carbonyl (C=O) groups is 1. The van der Waals surface area contributed by atoms with Crippen molar-refractivity contribution in [1.29, 1.82) is 0 Å². The Morgan fingerprint density at radius 2 is 2.22 bits per heavy atom. The summed E-state index contributed by atoms with van der Waals surface area (Å²) in [7, 11) is 0. The molecule has 1 amide bonds. The van der Waals surface area contributed by atoms with Gasteiger partial charge in [0.1, 0.15) is 5.69 Å². The number of thiazole rings is 1. The number of rotatable bonds is 3. The average molecular weight is 258 g/mol. The van der Waals surface area contributed by atoms with Crippen LogP contribution in [0.15, 0.2) is 42.3 Å².